The lowest BCUT2D eigenvalue weighted by Crippen LogP contribution is -2.00. The molecule has 5 heterocycles. The molecule has 0 saturated heterocycles. The quantitative estimate of drug-likeness (QED) is 0.188. The molecule has 5 heteroatoms. The Morgan fingerprint density at radius 3 is 1.48 bits per heavy atom. The number of hydrogen-bond acceptors (Lipinski definition) is 3. The van der Waals surface area contributed by atoms with Gasteiger partial charge in [0.2, 0.25) is 0 Å². The first-order valence-corrected chi connectivity index (χ1v) is 16.8. The number of hydrogen-bond donors (Lipinski definition) is 0. The molecule has 0 saturated carbocycles. The maximum absolute atomic E-state index is 5.18. The van der Waals surface area contributed by atoms with Crippen LogP contribution >= 0.6 is 0 Å². The summed E-state index contributed by atoms with van der Waals surface area (Å²) in [6, 6.07) is 53.6. The summed E-state index contributed by atoms with van der Waals surface area (Å²) in [5.74, 6) is 0. The lowest BCUT2D eigenvalue weighted by molar-refractivity contribution is 1.13. The molecule has 5 nitrogen and oxygen atoms in total. The van der Waals surface area contributed by atoms with Crippen molar-refractivity contribution in [3.8, 4) is 45.0 Å². The van der Waals surface area contributed by atoms with Crippen molar-refractivity contribution in [3.05, 3.63) is 176 Å². The van der Waals surface area contributed by atoms with Gasteiger partial charge in [-0.2, -0.15) is 0 Å². The number of fused-ring (bicyclic) bond motifs is 6. The van der Waals surface area contributed by atoms with Gasteiger partial charge in [-0.3, -0.25) is 9.97 Å². The van der Waals surface area contributed by atoms with Gasteiger partial charge in [-0.05, 0) is 65.7 Å². The topological polar surface area (TPSA) is 48.5 Å². The Kier molecular flexibility index (Phi) is 6.42. The second kappa shape index (κ2) is 11.4. The Morgan fingerprint density at radius 1 is 0.340 bits per heavy atom. The maximum atomic E-state index is 5.18. The molecule has 10 aromatic rings. The molecular weight excluding hydrogens is 611 g/mol. The zero-order valence-electron chi connectivity index (χ0n) is 27.0. The largest absolute Gasteiger partial charge is 0.309 e. The molecule has 0 amide bonds. The standard InChI is InChI=1S/C45H29N5/c1-3-11-30(12-4-1)40-25-33(26-41(48-40)31-13-5-2-6-14-31)32-23-34(49-43-18-10-8-16-37(43)39-28-46-22-20-44(39)49)27-35(24-32)50-42-17-9-7-15-36(42)38-19-21-47-29-45(38)50/h1-29H. The van der Waals surface area contributed by atoms with Crippen LogP contribution in [0.3, 0.4) is 0 Å². The van der Waals surface area contributed by atoms with Crippen molar-refractivity contribution < 1.29 is 0 Å². The van der Waals surface area contributed by atoms with Crippen molar-refractivity contribution in [2.24, 2.45) is 0 Å². The highest BCUT2D eigenvalue weighted by Crippen LogP contribution is 2.38. The Labute approximate surface area is 288 Å². The molecule has 0 aliphatic carbocycles. The summed E-state index contributed by atoms with van der Waals surface area (Å²) in [5.41, 5.74) is 12.7. The van der Waals surface area contributed by atoms with Crippen LogP contribution in [0.5, 0.6) is 0 Å². The molecule has 0 unspecified atom stereocenters. The third kappa shape index (κ3) is 4.52. The molecule has 10 rings (SSSR count). The molecule has 50 heavy (non-hydrogen) atoms. The fraction of sp³-hybridized carbons (Fsp3) is 0. The predicted octanol–water partition coefficient (Wildman–Crippen LogP) is 11.1. The summed E-state index contributed by atoms with van der Waals surface area (Å²) in [5, 5.41) is 4.66. The molecule has 234 valence electrons. The molecule has 0 radical (unpaired) electrons. The van der Waals surface area contributed by atoms with Gasteiger partial charge in [-0.1, -0.05) is 97.1 Å². The zero-order chi connectivity index (χ0) is 33.0. The molecular formula is C45H29N5. The number of aromatic nitrogens is 5. The monoisotopic (exact) mass is 639 g/mol. The maximum Gasteiger partial charge on any atom is 0.0724 e. The van der Waals surface area contributed by atoms with E-state index in [0.29, 0.717) is 0 Å². The van der Waals surface area contributed by atoms with Crippen LogP contribution in [0.15, 0.2) is 176 Å². The Morgan fingerprint density at radius 2 is 0.820 bits per heavy atom. The van der Waals surface area contributed by atoms with Crippen molar-refractivity contribution in [1.82, 2.24) is 24.1 Å². The Bertz CT molecular complexity index is 2570. The van der Waals surface area contributed by atoms with Crippen LogP contribution in [0.2, 0.25) is 0 Å². The Hall–Kier alpha value is -6.85. The van der Waals surface area contributed by atoms with Gasteiger partial charge in [-0.15, -0.1) is 0 Å². The van der Waals surface area contributed by atoms with Gasteiger partial charge >= 0.3 is 0 Å². The van der Waals surface area contributed by atoms with Crippen molar-refractivity contribution in [1.29, 1.82) is 0 Å². The summed E-state index contributed by atoms with van der Waals surface area (Å²) >= 11 is 0. The summed E-state index contributed by atoms with van der Waals surface area (Å²) < 4.78 is 4.71. The Balaban J connectivity index is 1.31. The average Bonchev–Trinajstić information content (AvgIpc) is 3.71. The van der Waals surface area contributed by atoms with Gasteiger partial charge in [0.05, 0.1) is 39.7 Å². The first-order chi connectivity index (χ1) is 24.8. The van der Waals surface area contributed by atoms with E-state index in [1.807, 2.05) is 36.9 Å². The van der Waals surface area contributed by atoms with E-state index in [2.05, 4.69) is 159 Å². The third-order valence-corrected chi connectivity index (χ3v) is 9.67. The molecule has 0 N–H and O–H groups in total. The minimum absolute atomic E-state index is 0.929. The summed E-state index contributed by atoms with van der Waals surface area (Å²) in [6.07, 6.45) is 7.70. The second-order valence-electron chi connectivity index (χ2n) is 12.6. The van der Waals surface area contributed by atoms with Crippen LogP contribution in [0.25, 0.3) is 88.6 Å². The van der Waals surface area contributed by atoms with Crippen LogP contribution < -0.4 is 0 Å². The summed E-state index contributed by atoms with van der Waals surface area (Å²) in [7, 11) is 0. The highest BCUT2D eigenvalue weighted by molar-refractivity contribution is 6.10. The van der Waals surface area contributed by atoms with E-state index in [0.717, 1.165) is 72.5 Å². The third-order valence-electron chi connectivity index (χ3n) is 9.67. The van der Waals surface area contributed by atoms with E-state index >= 15 is 0 Å². The number of para-hydroxylation sites is 2. The zero-order valence-corrected chi connectivity index (χ0v) is 27.0. The average molecular weight is 640 g/mol. The second-order valence-corrected chi connectivity index (χ2v) is 12.6. The predicted molar refractivity (Wildman–Crippen MR) is 205 cm³/mol. The van der Waals surface area contributed by atoms with Gasteiger partial charge in [0.15, 0.2) is 0 Å². The summed E-state index contributed by atoms with van der Waals surface area (Å²) in [4.78, 5) is 14.3. The first kappa shape index (κ1) is 28.2. The number of pyridine rings is 3. The van der Waals surface area contributed by atoms with E-state index in [1.165, 1.54) is 16.2 Å². The lowest BCUT2D eigenvalue weighted by Gasteiger charge is -2.17. The minimum atomic E-state index is 0.929. The molecule has 5 aromatic carbocycles. The van der Waals surface area contributed by atoms with E-state index in [9.17, 15) is 0 Å². The van der Waals surface area contributed by atoms with Crippen molar-refractivity contribution in [2.75, 3.05) is 0 Å². The highest BCUT2D eigenvalue weighted by atomic mass is 15.0. The lowest BCUT2D eigenvalue weighted by atomic mass is 9.99. The van der Waals surface area contributed by atoms with E-state index in [1.54, 1.807) is 0 Å². The van der Waals surface area contributed by atoms with Gasteiger partial charge in [-0.25, -0.2) is 4.98 Å². The van der Waals surface area contributed by atoms with Crippen molar-refractivity contribution in [2.45, 2.75) is 0 Å². The first-order valence-electron chi connectivity index (χ1n) is 16.8. The van der Waals surface area contributed by atoms with Gasteiger partial charge in [0.25, 0.3) is 0 Å². The molecule has 0 aliphatic rings. The van der Waals surface area contributed by atoms with E-state index in [4.69, 9.17) is 4.98 Å². The normalized spacial score (nSPS) is 11.6. The van der Waals surface area contributed by atoms with Gasteiger partial charge in [0, 0.05) is 62.6 Å². The molecule has 0 spiro atoms. The van der Waals surface area contributed by atoms with Crippen LogP contribution in [-0.4, -0.2) is 24.1 Å². The van der Waals surface area contributed by atoms with Crippen LogP contribution in [0.1, 0.15) is 0 Å². The van der Waals surface area contributed by atoms with Crippen LogP contribution in [-0.2, 0) is 0 Å². The van der Waals surface area contributed by atoms with Gasteiger partial charge in [0.1, 0.15) is 0 Å². The molecule has 0 bridgehead atoms. The summed E-state index contributed by atoms with van der Waals surface area (Å²) in [6.45, 7) is 0. The van der Waals surface area contributed by atoms with Crippen LogP contribution in [0.4, 0.5) is 0 Å². The molecule has 0 atom stereocenters. The smallest absolute Gasteiger partial charge is 0.0724 e. The highest BCUT2D eigenvalue weighted by Gasteiger charge is 2.18. The fourth-order valence-electron chi connectivity index (χ4n) is 7.42. The van der Waals surface area contributed by atoms with Gasteiger partial charge < -0.3 is 9.13 Å². The molecule has 0 fully saturated rings. The molecule has 5 aromatic heterocycles. The molecule has 0 aliphatic heterocycles. The van der Waals surface area contributed by atoms with Crippen molar-refractivity contribution in [3.63, 3.8) is 0 Å². The van der Waals surface area contributed by atoms with E-state index < -0.39 is 0 Å². The number of rotatable bonds is 5. The minimum Gasteiger partial charge on any atom is -0.309 e. The fourth-order valence-corrected chi connectivity index (χ4v) is 7.42. The van der Waals surface area contributed by atoms with Crippen molar-refractivity contribution >= 4 is 43.6 Å². The number of nitrogens with zero attached hydrogens (tertiary/aromatic N) is 5. The van der Waals surface area contributed by atoms with Crippen LogP contribution in [0, 0.1) is 0 Å². The van der Waals surface area contributed by atoms with E-state index in [-0.39, 0.29) is 0 Å². The SMILES string of the molecule is c1ccc(-c2cc(-c3cc(-n4c5ccccc5c5cnccc54)cc(-n4c5ccccc5c5ccncc54)c3)cc(-c3ccccc3)n2)cc1. The number of benzene rings is 5.